The van der Waals surface area contributed by atoms with Crippen LogP contribution in [-0.2, 0) is 13.0 Å². The Morgan fingerprint density at radius 1 is 1.33 bits per heavy atom. The second-order valence-corrected chi connectivity index (χ2v) is 4.11. The molecule has 0 bridgehead atoms. The quantitative estimate of drug-likeness (QED) is 0.770. The fourth-order valence-electron chi connectivity index (χ4n) is 1.88. The Hall–Kier alpha value is -1.82. The van der Waals surface area contributed by atoms with Gasteiger partial charge in [0.25, 0.3) is 0 Å². The van der Waals surface area contributed by atoms with Crippen molar-refractivity contribution in [3.63, 3.8) is 0 Å². The maximum atomic E-state index is 5.49. The van der Waals surface area contributed by atoms with Gasteiger partial charge in [0, 0.05) is 24.5 Å². The van der Waals surface area contributed by atoms with E-state index in [1.54, 1.807) is 6.20 Å². The maximum absolute atomic E-state index is 5.49. The van der Waals surface area contributed by atoms with Crippen molar-refractivity contribution in [3.05, 3.63) is 24.0 Å². The summed E-state index contributed by atoms with van der Waals surface area (Å²) >= 11 is 0. The van der Waals surface area contributed by atoms with Crippen LogP contribution in [0.4, 0.5) is 0 Å². The summed E-state index contributed by atoms with van der Waals surface area (Å²) in [4.78, 5) is 4.14. The van der Waals surface area contributed by atoms with Crippen LogP contribution in [0.5, 0.6) is 0 Å². The Morgan fingerprint density at radius 3 is 3.00 bits per heavy atom. The predicted octanol–water partition coefficient (Wildman–Crippen LogP) is 1.04. The first kappa shape index (κ1) is 12.6. The van der Waals surface area contributed by atoms with Crippen molar-refractivity contribution in [2.24, 2.45) is 5.73 Å². The van der Waals surface area contributed by atoms with Crippen molar-refractivity contribution < 1.29 is 0 Å². The van der Waals surface area contributed by atoms with Crippen molar-refractivity contribution >= 4 is 0 Å². The largest absolute Gasteiger partial charge is 0.330 e. The summed E-state index contributed by atoms with van der Waals surface area (Å²) in [6.45, 7) is 3.60. The Balaban J connectivity index is 2.25. The van der Waals surface area contributed by atoms with Crippen LogP contribution in [0.25, 0.3) is 11.4 Å². The fourth-order valence-corrected chi connectivity index (χ4v) is 1.88. The zero-order valence-corrected chi connectivity index (χ0v) is 10.6. The van der Waals surface area contributed by atoms with Crippen molar-refractivity contribution in [2.75, 3.05) is 6.54 Å². The van der Waals surface area contributed by atoms with Gasteiger partial charge in [-0.25, -0.2) is 4.68 Å². The Kier molecular flexibility index (Phi) is 4.35. The molecule has 0 aliphatic carbocycles. The van der Waals surface area contributed by atoms with E-state index in [1.165, 1.54) is 0 Å². The number of aromatic nitrogens is 5. The summed E-state index contributed by atoms with van der Waals surface area (Å²) in [5, 5.41) is 11.9. The Bertz CT molecular complexity index is 493. The van der Waals surface area contributed by atoms with E-state index in [1.807, 2.05) is 16.9 Å². The number of hydrogen-bond donors (Lipinski definition) is 1. The van der Waals surface area contributed by atoms with Crippen LogP contribution in [0.2, 0.25) is 0 Å². The van der Waals surface area contributed by atoms with E-state index in [-0.39, 0.29) is 0 Å². The molecule has 6 heteroatoms. The van der Waals surface area contributed by atoms with Gasteiger partial charge in [-0.3, -0.25) is 4.98 Å². The molecule has 2 aromatic heterocycles. The summed E-state index contributed by atoms with van der Waals surface area (Å²) in [5.41, 5.74) is 7.71. The highest BCUT2D eigenvalue weighted by molar-refractivity contribution is 5.58. The second kappa shape index (κ2) is 6.20. The molecule has 0 unspecified atom stereocenters. The molecule has 0 aliphatic heterocycles. The van der Waals surface area contributed by atoms with Crippen LogP contribution in [0.15, 0.2) is 18.5 Å². The lowest BCUT2D eigenvalue weighted by Crippen LogP contribution is -2.07. The first-order valence-electron chi connectivity index (χ1n) is 6.26. The summed E-state index contributed by atoms with van der Waals surface area (Å²) in [7, 11) is 0. The number of pyridine rings is 1. The summed E-state index contributed by atoms with van der Waals surface area (Å²) in [5.74, 6) is 0.811. The van der Waals surface area contributed by atoms with E-state index >= 15 is 0 Å². The smallest absolute Gasteiger partial charge is 0.182 e. The molecule has 0 saturated carbocycles. The second-order valence-electron chi connectivity index (χ2n) is 4.11. The third-order valence-electron chi connectivity index (χ3n) is 2.88. The first-order chi connectivity index (χ1) is 8.86. The predicted molar refractivity (Wildman–Crippen MR) is 68.7 cm³/mol. The number of aryl methyl sites for hydroxylation is 2. The van der Waals surface area contributed by atoms with E-state index in [0.717, 1.165) is 42.8 Å². The van der Waals surface area contributed by atoms with Crippen molar-refractivity contribution in [2.45, 2.75) is 32.7 Å². The third kappa shape index (κ3) is 2.70. The van der Waals surface area contributed by atoms with Crippen LogP contribution in [0.1, 0.15) is 25.3 Å². The molecule has 0 amide bonds. The number of tetrazole rings is 1. The molecule has 0 fully saturated rings. The van der Waals surface area contributed by atoms with Crippen LogP contribution < -0.4 is 5.73 Å². The normalized spacial score (nSPS) is 10.8. The molecule has 96 valence electrons. The summed E-state index contributed by atoms with van der Waals surface area (Å²) in [6.07, 6.45) is 6.53. The zero-order chi connectivity index (χ0) is 12.8. The lowest BCUT2D eigenvalue weighted by atomic mass is 10.1. The average Bonchev–Trinajstić information content (AvgIpc) is 2.87. The molecule has 2 N–H and O–H groups in total. The van der Waals surface area contributed by atoms with Gasteiger partial charge in [0.15, 0.2) is 5.82 Å². The molecule has 0 spiro atoms. The highest BCUT2D eigenvalue weighted by atomic mass is 15.5. The maximum Gasteiger partial charge on any atom is 0.182 e. The van der Waals surface area contributed by atoms with E-state index < -0.39 is 0 Å². The van der Waals surface area contributed by atoms with Gasteiger partial charge < -0.3 is 5.73 Å². The van der Waals surface area contributed by atoms with Crippen LogP contribution >= 0.6 is 0 Å². The minimum absolute atomic E-state index is 0.701. The molecule has 2 heterocycles. The van der Waals surface area contributed by atoms with Gasteiger partial charge in [-0.1, -0.05) is 6.92 Å². The molecule has 0 aromatic carbocycles. The number of nitrogens with zero attached hydrogens (tertiary/aromatic N) is 5. The summed E-state index contributed by atoms with van der Waals surface area (Å²) < 4.78 is 1.84. The average molecular weight is 246 g/mol. The van der Waals surface area contributed by atoms with Gasteiger partial charge in [-0.2, -0.15) is 0 Å². The molecule has 2 aromatic rings. The molecular formula is C12H18N6. The highest BCUT2D eigenvalue weighted by Gasteiger charge is 2.11. The van der Waals surface area contributed by atoms with E-state index in [2.05, 4.69) is 27.4 Å². The molecule has 0 aliphatic rings. The first-order valence-corrected chi connectivity index (χ1v) is 6.26. The topological polar surface area (TPSA) is 82.5 Å². The van der Waals surface area contributed by atoms with Crippen LogP contribution in [0.3, 0.4) is 0 Å². The molecule has 6 nitrogen and oxygen atoms in total. The van der Waals surface area contributed by atoms with E-state index in [0.29, 0.717) is 6.54 Å². The minimum atomic E-state index is 0.701. The molecule has 18 heavy (non-hydrogen) atoms. The van der Waals surface area contributed by atoms with Gasteiger partial charge in [-0.05, 0) is 47.9 Å². The van der Waals surface area contributed by atoms with Crippen LogP contribution in [0, 0.1) is 0 Å². The standard InChI is InChI=1S/C12H18N6/c1-2-10-9-14-7-5-11(10)12-15-16-17-18(12)8-4-3-6-13/h5,7,9H,2-4,6,8,13H2,1H3. The lowest BCUT2D eigenvalue weighted by molar-refractivity contribution is 0.548. The third-order valence-corrected chi connectivity index (χ3v) is 2.88. The lowest BCUT2D eigenvalue weighted by Gasteiger charge is -2.07. The SMILES string of the molecule is CCc1cnccc1-c1nnnn1CCCCN. The van der Waals surface area contributed by atoms with Crippen molar-refractivity contribution in [3.8, 4) is 11.4 Å². The Labute approximate surface area is 106 Å². The minimum Gasteiger partial charge on any atom is -0.330 e. The van der Waals surface area contributed by atoms with Gasteiger partial charge in [0.2, 0.25) is 0 Å². The Morgan fingerprint density at radius 2 is 2.22 bits per heavy atom. The van der Waals surface area contributed by atoms with Gasteiger partial charge in [-0.15, -0.1) is 5.10 Å². The van der Waals surface area contributed by atoms with Crippen molar-refractivity contribution in [1.82, 2.24) is 25.2 Å². The molecular weight excluding hydrogens is 228 g/mol. The van der Waals surface area contributed by atoms with Gasteiger partial charge in [0.05, 0.1) is 0 Å². The van der Waals surface area contributed by atoms with E-state index in [9.17, 15) is 0 Å². The number of hydrogen-bond acceptors (Lipinski definition) is 5. The zero-order valence-electron chi connectivity index (χ0n) is 10.6. The molecule has 0 atom stereocenters. The van der Waals surface area contributed by atoms with E-state index in [4.69, 9.17) is 5.73 Å². The number of unbranched alkanes of at least 4 members (excludes halogenated alkanes) is 1. The number of rotatable bonds is 6. The van der Waals surface area contributed by atoms with Gasteiger partial charge >= 0.3 is 0 Å². The molecule has 2 rings (SSSR count). The van der Waals surface area contributed by atoms with Crippen LogP contribution in [-0.4, -0.2) is 31.7 Å². The molecule has 0 saturated heterocycles. The molecule has 0 radical (unpaired) electrons. The van der Waals surface area contributed by atoms with Crippen molar-refractivity contribution in [1.29, 1.82) is 0 Å². The highest BCUT2D eigenvalue weighted by Crippen LogP contribution is 2.20. The fraction of sp³-hybridized carbons (Fsp3) is 0.500. The van der Waals surface area contributed by atoms with Gasteiger partial charge in [0.1, 0.15) is 0 Å². The number of nitrogens with two attached hydrogens (primary N) is 1. The summed E-state index contributed by atoms with van der Waals surface area (Å²) in [6, 6.07) is 1.96. The monoisotopic (exact) mass is 246 g/mol.